The molecule has 0 aliphatic rings. The Morgan fingerprint density at radius 1 is 1.15 bits per heavy atom. The molecule has 0 amide bonds. The van der Waals surface area contributed by atoms with Gasteiger partial charge in [-0.25, -0.2) is 9.78 Å². The number of ketones is 2. The lowest BCUT2D eigenvalue weighted by Gasteiger charge is -2.10. The Morgan fingerprint density at radius 2 is 1.81 bits per heavy atom. The average molecular weight is 366 g/mol. The summed E-state index contributed by atoms with van der Waals surface area (Å²) in [5, 5.41) is 0. The molecule has 1 heterocycles. The number of alkyl halides is 3. The molecule has 0 aliphatic heterocycles. The maximum atomic E-state index is 12.8. The van der Waals surface area contributed by atoms with Crippen LogP contribution in [0.4, 0.5) is 13.2 Å². The van der Waals surface area contributed by atoms with E-state index >= 15 is 0 Å². The third-order valence-corrected chi connectivity index (χ3v) is 3.49. The fourth-order valence-electron chi connectivity index (χ4n) is 2.21. The fraction of sp³-hybridized carbons (Fsp3) is 0.235. The first-order valence-corrected chi connectivity index (χ1v) is 7.29. The highest BCUT2D eigenvalue weighted by molar-refractivity contribution is 6.41. The van der Waals surface area contributed by atoms with E-state index in [-0.39, 0.29) is 16.8 Å². The molecule has 9 heteroatoms. The number of aromatic nitrogens is 2. The Balaban J connectivity index is 2.38. The van der Waals surface area contributed by atoms with E-state index in [0.29, 0.717) is 6.20 Å². The summed E-state index contributed by atoms with van der Waals surface area (Å²) in [4.78, 5) is 42.8. The zero-order chi connectivity index (χ0) is 19.5. The van der Waals surface area contributed by atoms with Crippen LogP contribution in [0.25, 0.3) is 0 Å². The van der Waals surface area contributed by atoms with Crippen LogP contribution in [0.1, 0.15) is 37.8 Å². The minimum Gasteiger partial charge on any atom is -0.463 e. The lowest BCUT2D eigenvalue weighted by atomic mass is 9.97. The van der Waals surface area contributed by atoms with Crippen LogP contribution in [0.3, 0.4) is 0 Å². The molecule has 0 N–H and O–H groups in total. The number of halogens is 3. The highest BCUT2D eigenvalue weighted by Crippen LogP contribution is 2.27. The molecule has 1 aromatic carbocycles. The standard InChI is InChI=1S/C17H13F3N2O4/c1-9-14(22-13(8-21-9)17(18,19)20)12(23)7-10-5-3-4-6-11(10)15(24)16(25)26-2/h3-6,8H,7H2,1-2H3. The third-order valence-electron chi connectivity index (χ3n) is 3.49. The number of methoxy groups -OCH3 is 1. The van der Waals surface area contributed by atoms with Gasteiger partial charge in [0.2, 0.25) is 0 Å². The van der Waals surface area contributed by atoms with Gasteiger partial charge in [-0.2, -0.15) is 13.2 Å². The first kappa shape index (κ1) is 19.2. The molecule has 0 radical (unpaired) electrons. The summed E-state index contributed by atoms with van der Waals surface area (Å²) >= 11 is 0. The van der Waals surface area contributed by atoms with Gasteiger partial charge in [-0.3, -0.25) is 14.6 Å². The van der Waals surface area contributed by atoms with Crippen LogP contribution >= 0.6 is 0 Å². The zero-order valence-electron chi connectivity index (χ0n) is 13.8. The molecule has 6 nitrogen and oxygen atoms in total. The van der Waals surface area contributed by atoms with Crippen molar-refractivity contribution in [1.82, 2.24) is 9.97 Å². The molecule has 0 aliphatic carbocycles. The Kier molecular flexibility index (Phi) is 5.49. The van der Waals surface area contributed by atoms with E-state index in [4.69, 9.17) is 0 Å². The number of nitrogens with zero attached hydrogens (tertiary/aromatic N) is 2. The van der Waals surface area contributed by atoms with Gasteiger partial charge >= 0.3 is 12.1 Å². The summed E-state index contributed by atoms with van der Waals surface area (Å²) in [7, 11) is 1.04. The second-order valence-electron chi connectivity index (χ2n) is 5.26. The smallest absolute Gasteiger partial charge is 0.434 e. The second-order valence-corrected chi connectivity index (χ2v) is 5.26. The van der Waals surface area contributed by atoms with E-state index in [1.165, 1.54) is 31.2 Å². The van der Waals surface area contributed by atoms with Crippen LogP contribution < -0.4 is 0 Å². The van der Waals surface area contributed by atoms with Crippen molar-refractivity contribution in [2.75, 3.05) is 7.11 Å². The number of carbonyl (C=O) groups excluding carboxylic acids is 3. The number of hydrogen-bond donors (Lipinski definition) is 0. The number of rotatable bonds is 5. The van der Waals surface area contributed by atoms with Gasteiger partial charge in [0, 0.05) is 12.0 Å². The number of carbonyl (C=O) groups is 3. The van der Waals surface area contributed by atoms with Crippen molar-refractivity contribution in [3.05, 3.63) is 58.7 Å². The Labute approximate surface area is 146 Å². The Hall–Kier alpha value is -3.10. The molecular weight excluding hydrogens is 353 g/mol. The Morgan fingerprint density at radius 3 is 2.42 bits per heavy atom. The average Bonchev–Trinajstić information content (AvgIpc) is 2.60. The van der Waals surface area contributed by atoms with Crippen LogP contribution in [-0.4, -0.2) is 34.6 Å². The van der Waals surface area contributed by atoms with Crippen LogP contribution in [0.2, 0.25) is 0 Å². The molecule has 136 valence electrons. The molecule has 0 bridgehead atoms. The predicted octanol–water partition coefficient (Wildman–Crippen LogP) is 2.58. The van der Waals surface area contributed by atoms with Crippen LogP contribution in [0.15, 0.2) is 30.5 Å². The lowest BCUT2D eigenvalue weighted by molar-refractivity contribution is -0.141. The largest absolute Gasteiger partial charge is 0.463 e. The highest BCUT2D eigenvalue weighted by Gasteiger charge is 2.34. The van der Waals surface area contributed by atoms with Crippen molar-refractivity contribution in [2.24, 2.45) is 0 Å². The molecular formula is C17H13F3N2O4. The predicted molar refractivity (Wildman–Crippen MR) is 82.6 cm³/mol. The van der Waals surface area contributed by atoms with Crippen molar-refractivity contribution in [3.63, 3.8) is 0 Å². The van der Waals surface area contributed by atoms with E-state index in [0.717, 1.165) is 7.11 Å². The van der Waals surface area contributed by atoms with Gasteiger partial charge in [0.05, 0.1) is 19.0 Å². The summed E-state index contributed by atoms with van der Waals surface area (Å²) in [6, 6.07) is 5.76. The van der Waals surface area contributed by atoms with Crippen LogP contribution in [-0.2, 0) is 22.1 Å². The molecule has 0 spiro atoms. The van der Waals surface area contributed by atoms with Crippen molar-refractivity contribution < 1.29 is 32.3 Å². The zero-order valence-corrected chi connectivity index (χ0v) is 13.8. The number of hydrogen-bond acceptors (Lipinski definition) is 6. The number of aryl methyl sites for hydroxylation is 1. The second kappa shape index (κ2) is 7.42. The molecule has 0 saturated heterocycles. The van der Waals surface area contributed by atoms with E-state index in [1.807, 2.05) is 0 Å². The Bertz CT molecular complexity index is 879. The van der Waals surface area contributed by atoms with E-state index in [1.54, 1.807) is 0 Å². The normalized spacial score (nSPS) is 11.1. The number of esters is 1. The van der Waals surface area contributed by atoms with Crippen molar-refractivity contribution in [1.29, 1.82) is 0 Å². The quantitative estimate of drug-likeness (QED) is 0.459. The lowest BCUT2D eigenvalue weighted by Crippen LogP contribution is -2.20. The SMILES string of the molecule is COC(=O)C(=O)c1ccccc1CC(=O)c1nc(C(F)(F)F)cnc1C. The third kappa shape index (κ3) is 4.11. The molecule has 26 heavy (non-hydrogen) atoms. The first-order valence-electron chi connectivity index (χ1n) is 7.29. The van der Waals surface area contributed by atoms with Crippen molar-refractivity contribution in [3.8, 4) is 0 Å². The van der Waals surface area contributed by atoms with Gasteiger partial charge < -0.3 is 4.74 Å². The first-order chi connectivity index (χ1) is 12.1. The van der Waals surface area contributed by atoms with Gasteiger partial charge in [-0.15, -0.1) is 0 Å². The summed E-state index contributed by atoms with van der Waals surface area (Å²) < 4.78 is 42.7. The maximum Gasteiger partial charge on any atom is 0.434 e. The number of benzene rings is 1. The summed E-state index contributed by atoms with van der Waals surface area (Å²) in [5.41, 5.74) is -1.60. The monoisotopic (exact) mass is 366 g/mol. The van der Waals surface area contributed by atoms with Gasteiger partial charge in [-0.05, 0) is 12.5 Å². The minimum atomic E-state index is -4.74. The maximum absolute atomic E-state index is 12.8. The van der Waals surface area contributed by atoms with E-state index in [9.17, 15) is 27.6 Å². The van der Waals surface area contributed by atoms with Crippen molar-refractivity contribution >= 4 is 17.5 Å². The molecule has 0 saturated carbocycles. The molecule has 0 fully saturated rings. The van der Waals surface area contributed by atoms with Crippen molar-refractivity contribution in [2.45, 2.75) is 19.5 Å². The molecule has 1 aromatic heterocycles. The van der Waals surface area contributed by atoms with Crippen LogP contribution in [0, 0.1) is 6.92 Å². The molecule has 2 rings (SSSR count). The summed E-state index contributed by atoms with van der Waals surface area (Å²) in [5.74, 6) is -2.83. The number of ether oxygens (including phenoxy) is 1. The van der Waals surface area contributed by atoms with Gasteiger partial charge in [0.1, 0.15) is 5.69 Å². The van der Waals surface area contributed by atoms with Gasteiger partial charge in [0.25, 0.3) is 5.78 Å². The molecule has 0 atom stereocenters. The highest BCUT2D eigenvalue weighted by atomic mass is 19.4. The fourth-order valence-corrected chi connectivity index (χ4v) is 2.21. The van der Waals surface area contributed by atoms with Gasteiger partial charge in [0.15, 0.2) is 11.5 Å². The van der Waals surface area contributed by atoms with E-state index in [2.05, 4.69) is 14.7 Å². The molecule has 2 aromatic rings. The number of Topliss-reactive ketones (excluding diaryl/α,β-unsaturated/α-hetero) is 2. The van der Waals surface area contributed by atoms with Crippen LogP contribution in [0.5, 0.6) is 0 Å². The molecule has 0 unspecified atom stereocenters. The summed E-state index contributed by atoms with van der Waals surface area (Å²) in [6.45, 7) is 1.35. The van der Waals surface area contributed by atoms with Gasteiger partial charge in [-0.1, -0.05) is 24.3 Å². The minimum absolute atomic E-state index is 0.0276. The summed E-state index contributed by atoms with van der Waals surface area (Å²) in [6.07, 6.45) is -4.62. The van der Waals surface area contributed by atoms with E-state index < -0.39 is 41.5 Å². The topological polar surface area (TPSA) is 86.2 Å².